The summed E-state index contributed by atoms with van der Waals surface area (Å²) in [6, 6.07) is 19.9. The Morgan fingerprint density at radius 2 is 1.51 bits per heavy atom. The lowest BCUT2D eigenvalue weighted by Crippen LogP contribution is -2.46. The molecule has 6 nitrogen and oxygen atoms in total. The summed E-state index contributed by atoms with van der Waals surface area (Å²) in [5, 5.41) is 3.75. The van der Waals surface area contributed by atoms with Gasteiger partial charge in [0.25, 0.3) is 0 Å². The van der Waals surface area contributed by atoms with E-state index in [2.05, 4.69) is 5.32 Å². The van der Waals surface area contributed by atoms with Crippen molar-refractivity contribution < 1.29 is 14.4 Å². The van der Waals surface area contributed by atoms with Crippen LogP contribution >= 0.6 is 23.2 Å². The molecule has 3 aliphatic heterocycles. The van der Waals surface area contributed by atoms with Gasteiger partial charge in [-0.25, -0.2) is 4.90 Å². The number of amides is 3. The fourth-order valence-corrected chi connectivity index (χ4v) is 5.82. The number of carbonyl (C=O) groups is 3. The van der Waals surface area contributed by atoms with Gasteiger partial charge in [0.05, 0.1) is 28.6 Å². The predicted octanol–water partition coefficient (Wildman–Crippen LogP) is 5.15. The van der Waals surface area contributed by atoms with Crippen molar-refractivity contribution in [2.75, 3.05) is 10.2 Å². The van der Waals surface area contributed by atoms with Crippen LogP contribution in [0.2, 0.25) is 10.0 Å². The molecule has 174 valence electrons. The molecule has 0 radical (unpaired) electrons. The third-order valence-electron chi connectivity index (χ3n) is 6.94. The molecule has 0 spiro atoms. The molecule has 2 saturated heterocycles. The van der Waals surface area contributed by atoms with Crippen molar-refractivity contribution in [1.82, 2.24) is 4.90 Å². The Hall–Kier alpha value is -3.61. The normalized spacial score (nSPS) is 24.3. The molecule has 0 bridgehead atoms. The number of rotatable bonds is 3. The van der Waals surface area contributed by atoms with Crippen LogP contribution < -0.4 is 10.2 Å². The highest BCUT2D eigenvalue weighted by molar-refractivity contribution is 6.36. The summed E-state index contributed by atoms with van der Waals surface area (Å²) in [6.45, 7) is 0. The monoisotopic (exact) mass is 503 g/mol. The van der Waals surface area contributed by atoms with Crippen molar-refractivity contribution in [3.8, 4) is 0 Å². The molecular formula is C27H19Cl2N3O3. The van der Waals surface area contributed by atoms with Crippen LogP contribution in [0.5, 0.6) is 0 Å². The number of nitrogens with zero attached hydrogens (tertiary/aromatic N) is 2. The van der Waals surface area contributed by atoms with Crippen molar-refractivity contribution in [3.63, 3.8) is 0 Å². The first-order valence-electron chi connectivity index (χ1n) is 11.2. The van der Waals surface area contributed by atoms with E-state index in [9.17, 15) is 14.4 Å². The molecule has 35 heavy (non-hydrogen) atoms. The number of hydrogen-bond donors (Lipinski definition) is 1. The zero-order chi connectivity index (χ0) is 24.3. The Labute approximate surface area is 211 Å². The number of benzene rings is 3. The number of halogens is 2. The molecule has 3 aromatic carbocycles. The maximum Gasteiger partial charge on any atom is 0.247 e. The van der Waals surface area contributed by atoms with E-state index < -0.39 is 29.8 Å². The molecule has 0 saturated carbocycles. The van der Waals surface area contributed by atoms with E-state index in [1.807, 2.05) is 41.4 Å². The molecular weight excluding hydrogens is 485 g/mol. The highest BCUT2D eigenvalue weighted by atomic mass is 35.5. The van der Waals surface area contributed by atoms with E-state index in [-0.39, 0.29) is 11.8 Å². The van der Waals surface area contributed by atoms with E-state index in [4.69, 9.17) is 23.2 Å². The molecule has 3 aromatic rings. The van der Waals surface area contributed by atoms with Crippen molar-refractivity contribution in [2.24, 2.45) is 11.8 Å². The standard InChI is InChI=1S/C27H19Cl2N3O3/c28-16-9-11-17(12-10-16)30-25(33)24-22-21(23-18-6-2-1-5-15(18)13-14-31(23)24)26(34)32(27(22)35)20-8-4-3-7-19(20)29/h1-14,21-24H,(H,30,33). The van der Waals surface area contributed by atoms with Gasteiger partial charge in [0.15, 0.2) is 0 Å². The summed E-state index contributed by atoms with van der Waals surface area (Å²) in [4.78, 5) is 44.3. The second-order valence-corrected chi connectivity index (χ2v) is 9.64. The zero-order valence-corrected chi connectivity index (χ0v) is 19.8. The second kappa shape index (κ2) is 8.26. The van der Waals surface area contributed by atoms with Crippen LogP contribution in [0.3, 0.4) is 0 Å². The fourth-order valence-electron chi connectivity index (χ4n) is 5.48. The highest BCUT2D eigenvalue weighted by Gasteiger charge is 2.64. The van der Waals surface area contributed by atoms with E-state index in [0.29, 0.717) is 21.4 Å². The van der Waals surface area contributed by atoms with Gasteiger partial charge >= 0.3 is 0 Å². The van der Waals surface area contributed by atoms with Crippen molar-refractivity contribution in [2.45, 2.75) is 12.1 Å². The maximum atomic E-state index is 13.8. The average molecular weight is 504 g/mol. The lowest BCUT2D eigenvalue weighted by Gasteiger charge is -2.35. The minimum Gasteiger partial charge on any atom is -0.357 e. The van der Waals surface area contributed by atoms with E-state index in [1.165, 1.54) is 0 Å². The first-order chi connectivity index (χ1) is 17.0. The molecule has 0 aliphatic carbocycles. The Bertz CT molecular complexity index is 1400. The number of carbonyl (C=O) groups excluding carboxylic acids is 3. The summed E-state index contributed by atoms with van der Waals surface area (Å²) < 4.78 is 0. The second-order valence-electron chi connectivity index (χ2n) is 8.79. The van der Waals surface area contributed by atoms with Crippen LogP contribution in [-0.2, 0) is 14.4 Å². The molecule has 3 amide bonds. The summed E-state index contributed by atoms with van der Waals surface area (Å²) in [6.07, 6.45) is 3.73. The molecule has 4 atom stereocenters. The van der Waals surface area contributed by atoms with Crippen LogP contribution in [0.1, 0.15) is 17.2 Å². The lowest BCUT2D eigenvalue weighted by molar-refractivity contribution is -0.128. The minimum atomic E-state index is -0.880. The summed E-state index contributed by atoms with van der Waals surface area (Å²) in [5.74, 6) is -2.74. The summed E-state index contributed by atoms with van der Waals surface area (Å²) in [7, 11) is 0. The first kappa shape index (κ1) is 21.9. The van der Waals surface area contributed by atoms with Gasteiger partial charge < -0.3 is 10.2 Å². The minimum absolute atomic E-state index is 0.303. The number of imide groups is 1. The average Bonchev–Trinajstić information content (AvgIpc) is 3.34. The molecule has 6 rings (SSSR count). The number of fused-ring (bicyclic) bond motifs is 5. The fraction of sp³-hybridized carbons (Fsp3) is 0.148. The SMILES string of the molecule is O=C(Nc1ccc(Cl)cc1)C1C2C(=O)N(c3ccccc3Cl)C(=O)C2C2c3ccccc3C=CN12. The number of hydrogen-bond acceptors (Lipinski definition) is 4. The molecule has 1 N–H and O–H groups in total. The third-order valence-corrected chi connectivity index (χ3v) is 7.51. The maximum absolute atomic E-state index is 13.8. The van der Waals surface area contributed by atoms with Crippen LogP contribution in [-0.4, -0.2) is 28.7 Å². The molecule has 0 aromatic heterocycles. The van der Waals surface area contributed by atoms with Gasteiger partial charge in [-0.1, -0.05) is 59.6 Å². The van der Waals surface area contributed by atoms with Crippen LogP contribution in [0.15, 0.2) is 79.0 Å². The van der Waals surface area contributed by atoms with E-state index in [1.54, 1.807) is 48.5 Å². The third kappa shape index (κ3) is 3.36. The van der Waals surface area contributed by atoms with Crippen LogP contribution in [0.25, 0.3) is 6.08 Å². The van der Waals surface area contributed by atoms with Crippen molar-refractivity contribution >= 4 is 58.4 Å². The van der Waals surface area contributed by atoms with Crippen molar-refractivity contribution in [1.29, 1.82) is 0 Å². The lowest BCUT2D eigenvalue weighted by atomic mass is 9.84. The quantitative estimate of drug-likeness (QED) is 0.502. The van der Waals surface area contributed by atoms with Gasteiger partial charge in [0.2, 0.25) is 17.7 Å². The smallest absolute Gasteiger partial charge is 0.247 e. The Morgan fingerprint density at radius 3 is 2.29 bits per heavy atom. The molecule has 8 heteroatoms. The van der Waals surface area contributed by atoms with Crippen LogP contribution in [0.4, 0.5) is 11.4 Å². The van der Waals surface area contributed by atoms with Gasteiger partial charge in [-0.3, -0.25) is 14.4 Å². The zero-order valence-electron chi connectivity index (χ0n) is 18.3. The highest BCUT2D eigenvalue weighted by Crippen LogP contribution is 2.53. The van der Waals surface area contributed by atoms with Crippen LogP contribution in [0, 0.1) is 11.8 Å². The molecule has 3 aliphatic rings. The van der Waals surface area contributed by atoms with Gasteiger partial charge in [-0.15, -0.1) is 0 Å². The van der Waals surface area contributed by atoms with Gasteiger partial charge in [0, 0.05) is 16.9 Å². The van der Waals surface area contributed by atoms with Gasteiger partial charge in [0.1, 0.15) is 6.04 Å². The van der Waals surface area contributed by atoms with Crippen molar-refractivity contribution in [3.05, 3.63) is 100 Å². The van der Waals surface area contributed by atoms with E-state index in [0.717, 1.165) is 16.0 Å². The Morgan fingerprint density at radius 1 is 0.829 bits per heavy atom. The Balaban J connectivity index is 1.45. The number of anilines is 2. The number of para-hydroxylation sites is 1. The topological polar surface area (TPSA) is 69.7 Å². The summed E-state index contributed by atoms with van der Waals surface area (Å²) in [5.41, 5.74) is 2.76. The first-order valence-corrected chi connectivity index (χ1v) is 11.9. The number of nitrogens with one attached hydrogen (secondary N) is 1. The summed E-state index contributed by atoms with van der Waals surface area (Å²) >= 11 is 12.4. The molecule has 2 fully saturated rings. The largest absolute Gasteiger partial charge is 0.357 e. The molecule has 3 heterocycles. The van der Waals surface area contributed by atoms with E-state index >= 15 is 0 Å². The Kier molecular flexibility index (Phi) is 5.16. The molecule has 4 unspecified atom stereocenters. The van der Waals surface area contributed by atoms with Gasteiger partial charge in [-0.05, 0) is 53.6 Å². The van der Waals surface area contributed by atoms with Gasteiger partial charge in [-0.2, -0.15) is 0 Å². The predicted molar refractivity (Wildman–Crippen MR) is 135 cm³/mol.